The third kappa shape index (κ3) is 5.53. The van der Waals surface area contributed by atoms with Gasteiger partial charge in [0.05, 0.1) is 10.2 Å². The summed E-state index contributed by atoms with van der Waals surface area (Å²) < 4.78 is 1.09. The lowest BCUT2D eigenvalue weighted by atomic mass is 10.0. The highest BCUT2D eigenvalue weighted by Gasteiger charge is 2.15. The van der Waals surface area contributed by atoms with Gasteiger partial charge in [-0.3, -0.25) is 0 Å². The van der Waals surface area contributed by atoms with Crippen LogP contribution < -0.4 is 0 Å². The quantitative estimate of drug-likeness (QED) is 0.192. The molecule has 0 radical (unpaired) electrons. The second-order valence-electron chi connectivity index (χ2n) is 10.8. The molecule has 0 aliphatic carbocycles. The summed E-state index contributed by atoms with van der Waals surface area (Å²) in [6.45, 7) is 0. The SMILES string of the molecule is c1ccc(-c2cccc(-c3nc(-c4ccccc4)nc(-c4ccc5nc(-c6cccc(-c7ccccc7)c6)sc5c4)n3)c2)cc1. The maximum absolute atomic E-state index is 5.01. The third-order valence-corrected chi connectivity index (χ3v) is 8.83. The van der Waals surface area contributed by atoms with Crippen molar-refractivity contribution in [3.05, 3.63) is 158 Å². The molecule has 0 bridgehead atoms. The summed E-state index contributed by atoms with van der Waals surface area (Å²) in [5.41, 5.74) is 9.51. The molecule has 0 atom stereocenters. The van der Waals surface area contributed by atoms with Crippen molar-refractivity contribution in [2.24, 2.45) is 0 Å². The summed E-state index contributed by atoms with van der Waals surface area (Å²) in [4.78, 5) is 19.9. The number of fused-ring (bicyclic) bond motifs is 1. The zero-order valence-electron chi connectivity index (χ0n) is 24.2. The summed E-state index contributed by atoms with van der Waals surface area (Å²) >= 11 is 1.68. The lowest BCUT2D eigenvalue weighted by molar-refractivity contribution is 1.07. The van der Waals surface area contributed by atoms with E-state index in [9.17, 15) is 0 Å². The van der Waals surface area contributed by atoms with Gasteiger partial charge < -0.3 is 0 Å². The predicted molar refractivity (Wildman–Crippen MR) is 186 cm³/mol. The fraction of sp³-hybridized carbons (Fsp3) is 0. The standard InChI is InChI=1S/C40H26N4S/c1-4-12-27(13-5-1)30-18-10-20-32(24-30)38-42-37(29-16-8-3-9-17-29)43-39(44-38)33-22-23-35-36(26-33)45-40(41-35)34-21-11-19-31(25-34)28-14-6-2-7-15-28/h1-26H. The van der Waals surface area contributed by atoms with Gasteiger partial charge in [-0.2, -0.15) is 0 Å². The number of hydrogen-bond donors (Lipinski definition) is 0. The average molecular weight is 595 g/mol. The molecule has 0 fully saturated rings. The first-order valence-corrected chi connectivity index (χ1v) is 15.6. The minimum absolute atomic E-state index is 0.631. The molecule has 0 aliphatic rings. The Morgan fingerprint density at radius 2 is 0.756 bits per heavy atom. The van der Waals surface area contributed by atoms with E-state index in [2.05, 4.69) is 115 Å². The van der Waals surface area contributed by atoms with Gasteiger partial charge >= 0.3 is 0 Å². The minimum atomic E-state index is 0.631. The van der Waals surface area contributed by atoms with Gasteiger partial charge in [-0.25, -0.2) is 19.9 Å². The Labute approximate surface area is 265 Å². The number of aromatic nitrogens is 4. The third-order valence-electron chi connectivity index (χ3n) is 7.76. The van der Waals surface area contributed by atoms with Gasteiger partial charge in [0.2, 0.25) is 0 Å². The minimum Gasteiger partial charge on any atom is -0.236 e. The van der Waals surface area contributed by atoms with E-state index in [0.717, 1.165) is 48.6 Å². The Kier molecular flexibility index (Phi) is 6.98. The summed E-state index contributed by atoms with van der Waals surface area (Å²) in [5, 5.41) is 0.985. The molecule has 212 valence electrons. The van der Waals surface area contributed by atoms with Crippen molar-refractivity contribution in [2.45, 2.75) is 0 Å². The number of rotatable bonds is 6. The van der Waals surface area contributed by atoms with Crippen LogP contribution in [0.4, 0.5) is 0 Å². The normalized spacial score (nSPS) is 11.1. The Morgan fingerprint density at radius 1 is 0.311 bits per heavy atom. The molecule has 0 amide bonds. The van der Waals surface area contributed by atoms with E-state index in [1.54, 1.807) is 11.3 Å². The molecule has 2 aromatic heterocycles. The van der Waals surface area contributed by atoms with Crippen LogP contribution in [0, 0.1) is 0 Å². The van der Waals surface area contributed by atoms with E-state index < -0.39 is 0 Å². The van der Waals surface area contributed by atoms with Gasteiger partial charge in [0.15, 0.2) is 17.5 Å². The Balaban J connectivity index is 1.21. The van der Waals surface area contributed by atoms with Gasteiger partial charge in [0.1, 0.15) is 5.01 Å². The monoisotopic (exact) mass is 594 g/mol. The first-order valence-electron chi connectivity index (χ1n) is 14.8. The molecule has 5 heteroatoms. The molecule has 0 N–H and O–H groups in total. The maximum atomic E-state index is 5.01. The van der Waals surface area contributed by atoms with Crippen molar-refractivity contribution in [3.63, 3.8) is 0 Å². The second-order valence-corrected chi connectivity index (χ2v) is 11.8. The van der Waals surface area contributed by atoms with Gasteiger partial charge in [0, 0.05) is 22.3 Å². The predicted octanol–water partition coefficient (Wildman–Crippen LogP) is 10.5. The molecule has 2 heterocycles. The molecule has 45 heavy (non-hydrogen) atoms. The number of hydrogen-bond acceptors (Lipinski definition) is 5. The highest BCUT2D eigenvalue weighted by atomic mass is 32.1. The molecule has 0 unspecified atom stereocenters. The fourth-order valence-corrected chi connectivity index (χ4v) is 6.47. The topological polar surface area (TPSA) is 51.6 Å². The molecule has 0 saturated carbocycles. The summed E-state index contributed by atoms with van der Waals surface area (Å²) in [7, 11) is 0. The van der Waals surface area contributed by atoms with Crippen LogP contribution in [0.2, 0.25) is 0 Å². The number of thiazole rings is 1. The first kappa shape index (κ1) is 26.8. The summed E-state index contributed by atoms with van der Waals surface area (Å²) in [6.07, 6.45) is 0. The van der Waals surface area contributed by atoms with E-state index in [1.165, 1.54) is 11.1 Å². The largest absolute Gasteiger partial charge is 0.236 e. The smallest absolute Gasteiger partial charge is 0.164 e. The van der Waals surface area contributed by atoms with Gasteiger partial charge in [-0.15, -0.1) is 11.3 Å². The van der Waals surface area contributed by atoms with Crippen molar-refractivity contribution in [3.8, 4) is 67.0 Å². The van der Waals surface area contributed by atoms with Crippen molar-refractivity contribution in [1.82, 2.24) is 19.9 Å². The molecule has 0 spiro atoms. The van der Waals surface area contributed by atoms with Crippen molar-refractivity contribution < 1.29 is 0 Å². The van der Waals surface area contributed by atoms with E-state index in [4.69, 9.17) is 19.9 Å². The van der Waals surface area contributed by atoms with Gasteiger partial charge in [-0.1, -0.05) is 127 Å². The zero-order valence-corrected chi connectivity index (χ0v) is 25.0. The van der Waals surface area contributed by atoms with E-state index >= 15 is 0 Å². The van der Waals surface area contributed by atoms with Crippen LogP contribution >= 0.6 is 11.3 Å². The molecular weight excluding hydrogens is 569 g/mol. The fourth-order valence-electron chi connectivity index (χ4n) is 5.47. The van der Waals surface area contributed by atoms with Crippen LogP contribution in [-0.4, -0.2) is 19.9 Å². The molecule has 0 saturated heterocycles. The van der Waals surface area contributed by atoms with Gasteiger partial charge in [-0.05, 0) is 52.6 Å². The first-order chi connectivity index (χ1) is 22.3. The Bertz CT molecular complexity index is 2260. The van der Waals surface area contributed by atoms with Crippen LogP contribution in [-0.2, 0) is 0 Å². The lowest BCUT2D eigenvalue weighted by Crippen LogP contribution is -2.00. The van der Waals surface area contributed by atoms with Crippen molar-refractivity contribution >= 4 is 21.6 Å². The maximum Gasteiger partial charge on any atom is 0.164 e. The van der Waals surface area contributed by atoms with Crippen LogP contribution in [0.3, 0.4) is 0 Å². The second kappa shape index (κ2) is 11.7. The lowest BCUT2D eigenvalue weighted by Gasteiger charge is -2.09. The van der Waals surface area contributed by atoms with Crippen LogP contribution in [0.1, 0.15) is 0 Å². The van der Waals surface area contributed by atoms with Crippen LogP contribution in [0.25, 0.3) is 77.2 Å². The highest BCUT2D eigenvalue weighted by Crippen LogP contribution is 2.35. The molecular formula is C40H26N4S. The van der Waals surface area contributed by atoms with Crippen molar-refractivity contribution in [1.29, 1.82) is 0 Å². The highest BCUT2D eigenvalue weighted by molar-refractivity contribution is 7.21. The Morgan fingerprint density at radius 3 is 1.36 bits per heavy atom. The molecule has 0 aliphatic heterocycles. The van der Waals surface area contributed by atoms with Crippen LogP contribution in [0.5, 0.6) is 0 Å². The van der Waals surface area contributed by atoms with E-state index in [1.807, 2.05) is 42.5 Å². The Hall–Kier alpha value is -5.78. The van der Waals surface area contributed by atoms with Crippen molar-refractivity contribution in [2.75, 3.05) is 0 Å². The summed E-state index contributed by atoms with van der Waals surface area (Å²) in [5.74, 6) is 1.91. The van der Waals surface area contributed by atoms with E-state index in [-0.39, 0.29) is 0 Å². The zero-order chi connectivity index (χ0) is 30.0. The molecule has 4 nitrogen and oxygen atoms in total. The van der Waals surface area contributed by atoms with Gasteiger partial charge in [0.25, 0.3) is 0 Å². The number of benzene rings is 6. The summed E-state index contributed by atoms with van der Waals surface area (Å²) in [6, 6.07) is 54.1. The molecule has 6 aromatic carbocycles. The molecule has 8 rings (SSSR count). The average Bonchev–Trinajstić information content (AvgIpc) is 3.57. The number of nitrogens with zero attached hydrogens (tertiary/aromatic N) is 4. The van der Waals surface area contributed by atoms with E-state index in [0.29, 0.717) is 17.5 Å². The molecule has 8 aromatic rings. The van der Waals surface area contributed by atoms with Crippen LogP contribution in [0.15, 0.2) is 158 Å².